The number of rotatable bonds is 2. The van der Waals surface area contributed by atoms with E-state index in [0.717, 1.165) is 13.2 Å². The molecule has 1 rings (SSSR count). The smallest absolute Gasteiger partial charge is 0.455 e. The molecule has 0 amide bonds. The minimum atomic E-state index is -4.91. The minimum Gasteiger partial charge on any atom is -0.480 e. The topological polar surface area (TPSA) is 39.2 Å². The largest absolute Gasteiger partial charge is 0.480 e. The van der Waals surface area contributed by atoms with Crippen LogP contribution in [0.15, 0.2) is 12.3 Å². The molecule has 0 bridgehead atoms. The van der Waals surface area contributed by atoms with Gasteiger partial charge in [-0.2, -0.15) is 13.2 Å². The molecule has 0 radical (unpaired) electrons. The van der Waals surface area contributed by atoms with Crippen LogP contribution in [0.4, 0.5) is 13.2 Å². The Kier molecular flexibility index (Phi) is 2.97. The van der Waals surface area contributed by atoms with Crippen LogP contribution in [-0.2, 0) is 0 Å². The fraction of sp³-hybridized carbons (Fsp3) is 0.333. The number of Topliss-reactive ketones (excluding diaryl/α,β-unsaturated/α-hetero) is 1. The molecule has 0 aliphatic carbocycles. The molecule has 0 saturated carbocycles. The molecule has 0 aliphatic heterocycles. The third-order valence-electron chi connectivity index (χ3n) is 1.68. The average molecular weight is 219 g/mol. The molecular formula is C9H8F3NO2. The molecule has 0 atom stereocenters. The van der Waals surface area contributed by atoms with Gasteiger partial charge in [-0.1, -0.05) is 0 Å². The highest BCUT2D eigenvalue weighted by Crippen LogP contribution is 2.26. The maximum absolute atomic E-state index is 12.2. The van der Waals surface area contributed by atoms with Crippen LogP contribution >= 0.6 is 0 Å². The number of carbonyl (C=O) groups is 1. The van der Waals surface area contributed by atoms with Gasteiger partial charge in [-0.15, -0.1) is 0 Å². The van der Waals surface area contributed by atoms with Crippen LogP contribution in [0.3, 0.4) is 0 Å². The molecule has 0 saturated heterocycles. The van der Waals surface area contributed by atoms with Gasteiger partial charge in [-0.05, 0) is 18.6 Å². The monoisotopic (exact) mass is 219 g/mol. The van der Waals surface area contributed by atoms with Gasteiger partial charge in [-0.3, -0.25) is 4.79 Å². The molecule has 6 heteroatoms. The Hall–Kier alpha value is -1.59. The molecule has 15 heavy (non-hydrogen) atoms. The quantitative estimate of drug-likeness (QED) is 0.715. The fourth-order valence-electron chi connectivity index (χ4n) is 1.03. The first-order valence-corrected chi connectivity index (χ1v) is 3.98. The van der Waals surface area contributed by atoms with E-state index in [4.69, 9.17) is 0 Å². The SMILES string of the molecule is COc1ncc(C)cc1C(=O)C(F)(F)F. The number of aromatic nitrogens is 1. The molecule has 0 aromatic carbocycles. The standard InChI is InChI=1S/C9H8F3NO2/c1-5-3-6(7(14)9(10,11)12)8(15-2)13-4-5/h3-4H,1-2H3. The molecule has 1 aromatic rings. The molecule has 0 aliphatic rings. The number of pyridine rings is 1. The van der Waals surface area contributed by atoms with Crippen molar-refractivity contribution in [1.29, 1.82) is 0 Å². The van der Waals surface area contributed by atoms with Gasteiger partial charge in [0.1, 0.15) is 0 Å². The molecule has 0 N–H and O–H groups in total. The second kappa shape index (κ2) is 3.88. The summed E-state index contributed by atoms with van der Waals surface area (Å²) in [6.07, 6.45) is -3.59. The predicted molar refractivity (Wildman–Crippen MR) is 45.9 cm³/mol. The number of carbonyl (C=O) groups excluding carboxylic acids is 1. The highest BCUT2D eigenvalue weighted by Gasteiger charge is 2.41. The lowest BCUT2D eigenvalue weighted by atomic mass is 10.1. The zero-order valence-electron chi connectivity index (χ0n) is 8.05. The van der Waals surface area contributed by atoms with E-state index in [2.05, 4.69) is 9.72 Å². The predicted octanol–water partition coefficient (Wildman–Crippen LogP) is 2.14. The van der Waals surface area contributed by atoms with Crippen LogP contribution in [0, 0.1) is 6.92 Å². The van der Waals surface area contributed by atoms with Crippen LogP contribution in [0.25, 0.3) is 0 Å². The molecule has 1 aromatic heterocycles. The van der Waals surface area contributed by atoms with Crippen molar-refractivity contribution in [2.75, 3.05) is 7.11 Å². The lowest BCUT2D eigenvalue weighted by molar-refractivity contribution is -0.0886. The van der Waals surface area contributed by atoms with Crippen molar-refractivity contribution >= 4 is 5.78 Å². The number of ketones is 1. The summed E-state index contributed by atoms with van der Waals surface area (Å²) in [5.41, 5.74) is -0.103. The van der Waals surface area contributed by atoms with Gasteiger partial charge in [0.05, 0.1) is 12.7 Å². The number of methoxy groups -OCH3 is 1. The van der Waals surface area contributed by atoms with Gasteiger partial charge in [0.15, 0.2) is 0 Å². The second-order valence-corrected chi connectivity index (χ2v) is 2.90. The Balaban J connectivity index is 3.23. The Morgan fingerprint density at radius 3 is 2.53 bits per heavy atom. The number of alkyl halides is 3. The summed E-state index contributed by atoms with van der Waals surface area (Å²) in [5.74, 6) is -2.27. The van der Waals surface area contributed by atoms with Crippen LogP contribution < -0.4 is 4.74 Å². The Bertz CT molecular complexity index is 387. The third kappa shape index (κ3) is 2.45. The van der Waals surface area contributed by atoms with Crippen molar-refractivity contribution < 1.29 is 22.7 Å². The summed E-state index contributed by atoms with van der Waals surface area (Å²) in [4.78, 5) is 14.5. The van der Waals surface area contributed by atoms with Gasteiger partial charge in [-0.25, -0.2) is 4.98 Å². The van der Waals surface area contributed by atoms with Gasteiger partial charge in [0.25, 0.3) is 5.78 Å². The lowest BCUT2D eigenvalue weighted by Crippen LogP contribution is -2.23. The Labute approximate surface area is 83.9 Å². The first-order valence-electron chi connectivity index (χ1n) is 3.98. The average Bonchev–Trinajstić information content (AvgIpc) is 2.15. The number of aryl methyl sites for hydroxylation is 1. The van der Waals surface area contributed by atoms with Gasteiger partial charge in [0.2, 0.25) is 5.88 Å². The van der Waals surface area contributed by atoms with E-state index in [1.165, 1.54) is 6.20 Å². The number of hydrogen-bond acceptors (Lipinski definition) is 3. The lowest BCUT2D eigenvalue weighted by Gasteiger charge is -2.09. The third-order valence-corrected chi connectivity index (χ3v) is 1.68. The molecule has 3 nitrogen and oxygen atoms in total. The second-order valence-electron chi connectivity index (χ2n) is 2.90. The highest BCUT2D eigenvalue weighted by atomic mass is 19.4. The summed E-state index contributed by atoms with van der Waals surface area (Å²) in [6, 6.07) is 1.10. The zero-order chi connectivity index (χ0) is 11.6. The number of hydrogen-bond donors (Lipinski definition) is 0. The zero-order valence-corrected chi connectivity index (χ0v) is 8.05. The van der Waals surface area contributed by atoms with E-state index in [0.29, 0.717) is 5.56 Å². The summed E-state index contributed by atoms with van der Waals surface area (Å²) in [7, 11) is 1.16. The number of halogens is 3. The minimum absolute atomic E-state index is 0.317. The maximum atomic E-state index is 12.2. The molecular weight excluding hydrogens is 211 g/mol. The maximum Gasteiger partial charge on any atom is 0.455 e. The summed E-state index contributed by atoms with van der Waals surface area (Å²) >= 11 is 0. The first-order chi connectivity index (χ1) is 6.86. The molecule has 0 spiro atoms. The fourth-order valence-corrected chi connectivity index (χ4v) is 1.03. The van der Waals surface area contributed by atoms with E-state index < -0.39 is 17.5 Å². The molecule has 82 valence electrons. The van der Waals surface area contributed by atoms with Crippen LogP contribution in [-0.4, -0.2) is 24.1 Å². The van der Waals surface area contributed by atoms with Crippen molar-refractivity contribution in [1.82, 2.24) is 4.98 Å². The van der Waals surface area contributed by atoms with E-state index in [1.54, 1.807) is 6.92 Å². The number of ether oxygens (including phenoxy) is 1. The first kappa shape index (κ1) is 11.5. The van der Waals surface area contributed by atoms with Crippen molar-refractivity contribution in [3.8, 4) is 5.88 Å². The van der Waals surface area contributed by atoms with Crippen molar-refractivity contribution in [2.24, 2.45) is 0 Å². The number of nitrogens with zero attached hydrogens (tertiary/aromatic N) is 1. The van der Waals surface area contributed by atoms with Crippen LogP contribution in [0.1, 0.15) is 15.9 Å². The normalized spacial score (nSPS) is 11.3. The Morgan fingerprint density at radius 1 is 1.47 bits per heavy atom. The van der Waals surface area contributed by atoms with Gasteiger partial charge < -0.3 is 4.74 Å². The molecule has 1 heterocycles. The van der Waals surface area contributed by atoms with Gasteiger partial charge >= 0.3 is 6.18 Å². The molecule has 0 unspecified atom stereocenters. The van der Waals surface area contributed by atoms with E-state index >= 15 is 0 Å². The summed E-state index contributed by atoms with van der Waals surface area (Å²) in [6.45, 7) is 1.54. The van der Waals surface area contributed by atoms with E-state index in [1.807, 2.05) is 0 Å². The van der Waals surface area contributed by atoms with Crippen molar-refractivity contribution in [2.45, 2.75) is 13.1 Å². The van der Waals surface area contributed by atoms with Crippen LogP contribution in [0.2, 0.25) is 0 Å². The van der Waals surface area contributed by atoms with Crippen molar-refractivity contribution in [3.63, 3.8) is 0 Å². The molecule has 0 fully saturated rings. The van der Waals surface area contributed by atoms with E-state index in [-0.39, 0.29) is 5.88 Å². The van der Waals surface area contributed by atoms with Crippen LogP contribution in [0.5, 0.6) is 5.88 Å². The van der Waals surface area contributed by atoms with Crippen molar-refractivity contribution in [3.05, 3.63) is 23.4 Å². The summed E-state index contributed by atoms with van der Waals surface area (Å²) < 4.78 is 41.0. The summed E-state index contributed by atoms with van der Waals surface area (Å²) in [5, 5.41) is 0. The highest BCUT2D eigenvalue weighted by molar-refractivity contribution is 6.02. The van der Waals surface area contributed by atoms with Gasteiger partial charge in [0, 0.05) is 6.20 Å². The Morgan fingerprint density at radius 2 is 2.07 bits per heavy atom. The van der Waals surface area contributed by atoms with E-state index in [9.17, 15) is 18.0 Å².